The van der Waals surface area contributed by atoms with Gasteiger partial charge in [0.25, 0.3) is 5.91 Å². The predicted octanol–water partition coefficient (Wildman–Crippen LogP) is 5.75. The van der Waals surface area contributed by atoms with Crippen LogP contribution in [0, 0.1) is 0 Å². The van der Waals surface area contributed by atoms with Gasteiger partial charge < -0.3 is 9.47 Å². The molecule has 2 aromatic carbocycles. The van der Waals surface area contributed by atoms with Crippen LogP contribution in [0.1, 0.15) is 35.8 Å². The van der Waals surface area contributed by atoms with Crippen molar-refractivity contribution in [2.75, 3.05) is 19.5 Å². The van der Waals surface area contributed by atoms with E-state index in [1.54, 1.807) is 14.2 Å². The summed E-state index contributed by atoms with van der Waals surface area (Å²) in [5, 5.41) is 6.15. The number of ether oxygens (including phenoxy) is 2. The van der Waals surface area contributed by atoms with E-state index in [0.29, 0.717) is 27.9 Å². The fourth-order valence-electron chi connectivity index (χ4n) is 3.31. The summed E-state index contributed by atoms with van der Waals surface area (Å²) in [6.07, 6.45) is 0. The highest BCUT2D eigenvalue weighted by Gasteiger charge is 2.17. The van der Waals surface area contributed by atoms with Gasteiger partial charge in [-0.2, -0.15) is 0 Å². The first-order valence-electron chi connectivity index (χ1n) is 9.89. The summed E-state index contributed by atoms with van der Waals surface area (Å²) in [5.74, 6) is 1.40. The van der Waals surface area contributed by atoms with Crippen molar-refractivity contribution in [3.8, 4) is 22.8 Å². The molecule has 6 nitrogen and oxygen atoms in total. The van der Waals surface area contributed by atoms with Gasteiger partial charge >= 0.3 is 0 Å². The van der Waals surface area contributed by atoms with Crippen LogP contribution in [0.4, 0.5) is 5.13 Å². The number of para-hydroxylation sites is 1. The number of hydrogen-bond donors (Lipinski definition) is 1. The van der Waals surface area contributed by atoms with Crippen LogP contribution in [-0.2, 0) is 0 Å². The molecule has 0 saturated heterocycles. The number of thiazole rings is 1. The molecule has 158 valence electrons. The number of aromatic nitrogens is 2. The van der Waals surface area contributed by atoms with E-state index in [0.717, 1.165) is 22.2 Å². The van der Waals surface area contributed by atoms with Crippen LogP contribution in [0.25, 0.3) is 22.2 Å². The van der Waals surface area contributed by atoms with Crippen LogP contribution < -0.4 is 14.8 Å². The molecule has 0 bridgehead atoms. The molecule has 0 spiro atoms. The van der Waals surface area contributed by atoms with Crippen LogP contribution >= 0.6 is 11.3 Å². The van der Waals surface area contributed by atoms with Gasteiger partial charge in [0.1, 0.15) is 11.5 Å². The summed E-state index contributed by atoms with van der Waals surface area (Å²) >= 11 is 1.36. The van der Waals surface area contributed by atoms with Gasteiger partial charge in [-0.3, -0.25) is 15.1 Å². The lowest BCUT2D eigenvalue weighted by molar-refractivity contribution is 0.102. The highest BCUT2D eigenvalue weighted by atomic mass is 32.1. The van der Waals surface area contributed by atoms with Gasteiger partial charge in [-0.15, -0.1) is 11.3 Å². The maximum atomic E-state index is 13.2. The van der Waals surface area contributed by atoms with E-state index in [1.165, 1.54) is 11.3 Å². The van der Waals surface area contributed by atoms with Crippen molar-refractivity contribution in [2.24, 2.45) is 0 Å². The Morgan fingerprint density at radius 3 is 2.58 bits per heavy atom. The first kappa shape index (κ1) is 20.8. The molecule has 0 saturated carbocycles. The summed E-state index contributed by atoms with van der Waals surface area (Å²) < 4.78 is 10.8. The molecule has 1 amide bonds. The van der Waals surface area contributed by atoms with E-state index in [2.05, 4.69) is 29.1 Å². The van der Waals surface area contributed by atoms with Crippen molar-refractivity contribution in [3.63, 3.8) is 0 Å². The quantitative estimate of drug-likeness (QED) is 0.419. The molecule has 31 heavy (non-hydrogen) atoms. The van der Waals surface area contributed by atoms with Crippen molar-refractivity contribution in [3.05, 3.63) is 65.2 Å². The third-order valence-electron chi connectivity index (χ3n) is 4.98. The van der Waals surface area contributed by atoms with Gasteiger partial charge in [-0.05, 0) is 36.2 Å². The number of anilines is 1. The van der Waals surface area contributed by atoms with Gasteiger partial charge in [-0.25, -0.2) is 4.98 Å². The Labute approximate surface area is 184 Å². The number of amides is 1. The van der Waals surface area contributed by atoms with Crippen molar-refractivity contribution >= 4 is 33.3 Å². The zero-order chi connectivity index (χ0) is 22.0. The van der Waals surface area contributed by atoms with Crippen LogP contribution in [0.3, 0.4) is 0 Å². The number of fused-ring (bicyclic) bond motifs is 1. The number of methoxy groups -OCH3 is 2. The number of carbonyl (C=O) groups is 1. The second kappa shape index (κ2) is 8.73. The summed E-state index contributed by atoms with van der Waals surface area (Å²) in [7, 11) is 3.23. The van der Waals surface area contributed by atoms with Crippen molar-refractivity contribution < 1.29 is 14.3 Å². The normalized spacial score (nSPS) is 11.0. The first-order valence-corrected chi connectivity index (χ1v) is 10.8. The lowest BCUT2D eigenvalue weighted by Gasteiger charge is -2.11. The maximum absolute atomic E-state index is 13.2. The Kier molecular flexibility index (Phi) is 5.86. The number of benzene rings is 2. The Bertz CT molecular complexity index is 1250. The molecular formula is C24H23N3O3S. The molecular weight excluding hydrogens is 410 g/mol. The minimum absolute atomic E-state index is 0.209. The molecule has 0 fully saturated rings. The van der Waals surface area contributed by atoms with Gasteiger partial charge in [0.15, 0.2) is 5.13 Å². The lowest BCUT2D eigenvalue weighted by Crippen LogP contribution is -2.13. The molecule has 0 unspecified atom stereocenters. The second-order valence-corrected chi connectivity index (χ2v) is 8.18. The third kappa shape index (κ3) is 4.22. The van der Waals surface area contributed by atoms with Crippen molar-refractivity contribution in [1.29, 1.82) is 0 Å². The lowest BCUT2D eigenvalue weighted by atomic mass is 10.0. The van der Waals surface area contributed by atoms with E-state index in [4.69, 9.17) is 9.47 Å². The molecule has 0 aliphatic carbocycles. The zero-order valence-electron chi connectivity index (χ0n) is 17.8. The predicted molar refractivity (Wildman–Crippen MR) is 124 cm³/mol. The third-order valence-corrected chi connectivity index (χ3v) is 5.74. The molecule has 0 aliphatic rings. The van der Waals surface area contributed by atoms with Crippen LogP contribution in [-0.4, -0.2) is 30.1 Å². The van der Waals surface area contributed by atoms with E-state index >= 15 is 0 Å². The molecule has 0 atom stereocenters. The molecule has 0 aliphatic heterocycles. The standard InChI is InChI=1S/C24H23N3O3S/c1-14(2)20-12-17(16-7-5-6-8-19(16)25-20)23(28)27-24-26-21(13-31-24)18-11-15(29-3)9-10-22(18)30-4/h5-14H,1-4H3,(H,26,27,28). The molecule has 0 radical (unpaired) electrons. The second-order valence-electron chi connectivity index (χ2n) is 7.32. The van der Waals surface area contributed by atoms with E-state index in [9.17, 15) is 4.79 Å². The number of pyridine rings is 1. The molecule has 2 aromatic heterocycles. The Morgan fingerprint density at radius 1 is 1.03 bits per heavy atom. The maximum Gasteiger partial charge on any atom is 0.258 e. The van der Waals surface area contributed by atoms with Crippen LogP contribution in [0.2, 0.25) is 0 Å². The Balaban J connectivity index is 1.67. The van der Waals surface area contributed by atoms with Gasteiger partial charge in [0.2, 0.25) is 0 Å². The Hall–Kier alpha value is -3.45. The van der Waals surface area contributed by atoms with Gasteiger partial charge in [-0.1, -0.05) is 32.0 Å². The highest BCUT2D eigenvalue weighted by molar-refractivity contribution is 7.14. The van der Waals surface area contributed by atoms with Crippen molar-refractivity contribution in [2.45, 2.75) is 19.8 Å². The van der Waals surface area contributed by atoms with E-state index in [-0.39, 0.29) is 11.8 Å². The molecule has 2 heterocycles. The number of rotatable bonds is 6. The topological polar surface area (TPSA) is 73.3 Å². The fourth-order valence-corrected chi connectivity index (χ4v) is 4.02. The Morgan fingerprint density at radius 2 is 1.84 bits per heavy atom. The number of nitrogens with zero attached hydrogens (tertiary/aromatic N) is 2. The summed E-state index contributed by atoms with van der Waals surface area (Å²) in [4.78, 5) is 22.4. The number of hydrogen-bond acceptors (Lipinski definition) is 6. The van der Waals surface area contributed by atoms with Crippen LogP contribution in [0.15, 0.2) is 53.9 Å². The molecule has 7 heteroatoms. The first-order chi connectivity index (χ1) is 15.0. The van der Waals surface area contributed by atoms with Gasteiger partial charge in [0, 0.05) is 22.0 Å². The van der Waals surface area contributed by atoms with Crippen molar-refractivity contribution in [1.82, 2.24) is 9.97 Å². The average Bonchev–Trinajstić information content (AvgIpc) is 3.25. The minimum Gasteiger partial charge on any atom is -0.497 e. The molecule has 1 N–H and O–H groups in total. The minimum atomic E-state index is -0.209. The number of carbonyl (C=O) groups excluding carboxylic acids is 1. The number of nitrogens with one attached hydrogen (secondary N) is 1. The molecule has 4 rings (SSSR count). The summed E-state index contributed by atoms with van der Waals surface area (Å²) in [5.41, 5.74) is 3.78. The zero-order valence-corrected chi connectivity index (χ0v) is 18.6. The summed E-state index contributed by atoms with van der Waals surface area (Å²) in [6, 6.07) is 15.1. The van der Waals surface area contributed by atoms with Crippen LogP contribution in [0.5, 0.6) is 11.5 Å². The van der Waals surface area contributed by atoms with E-state index in [1.807, 2.05) is 53.9 Å². The fraction of sp³-hybridized carbons (Fsp3) is 0.208. The average molecular weight is 434 g/mol. The SMILES string of the molecule is COc1ccc(OC)c(-c2csc(NC(=O)c3cc(C(C)C)nc4ccccc34)n2)c1. The van der Waals surface area contributed by atoms with Gasteiger partial charge in [0.05, 0.1) is 31.0 Å². The van der Waals surface area contributed by atoms with E-state index < -0.39 is 0 Å². The summed E-state index contributed by atoms with van der Waals surface area (Å²) in [6.45, 7) is 4.13. The smallest absolute Gasteiger partial charge is 0.258 e. The highest BCUT2D eigenvalue weighted by Crippen LogP contribution is 2.35. The molecule has 4 aromatic rings. The monoisotopic (exact) mass is 433 g/mol. The largest absolute Gasteiger partial charge is 0.497 e.